The van der Waals surface area contributed by atoms with Gasteiger partial charge in [-0.05, 0) is 18.6 Å². The maximum atomic E-state index is 13.2. The van der Waals surface area contributed by atoms with Crippen molar-refractivity contribution in [3.05, 3.63) is 39.7 Å². The predicted molar refractivity (Wildman–Crippen MR) is 60.2 cm³/mol. The smallest absolute Gasteiger partial charge is 0.272 e. The first-order valence-corrected chi connectivity index (χ1v) is 5.48. The van der Waals surface area contributed by atoms with E-state index in [1.54, 1.807) is 0 Å². The summed E-state index contributed by atoms with van der Waals surface area (Å²) in [7, 11) is 0. The van der Waals surface area contributed by atoms with E-state index in [-0.39, 0.29) is 24.3 Å². The molecule has 0 saturated carbocycles. The van der Waals surface area contributed by atoms with Crippen LogP contribution in [0.25, 0.3) is 0 Å². The molecule has 1 unspecified atom stereocenters. The van der Waals surface area contributed by atoms with E-state index in [1.807, 2.05) is 0 Å². The summed E-state index contributed by atoms with van der Waals surface area (Å²) in [6.45, 7) is 0.688. The molecule has 0 amide bonds. The molecule has 1 aromatic carbocycles. The number of rotatable bonds is 3. The molecule has 0 spiro atoms. The highest BCUT2D eigenvalue weighted by atomic mass is 19.1. The van der Waals surface area contributed by atoms with Crippen LogP contribution in [0.4, 0.5) is 10.1 Å². The fraction of sp³-hybridized carbons (Fsp3) is 0.417. The van der Waals surface area contributed by atoms with Gasteiger partial charge in [-0.3, -0.25) is 10.1 Å². The van der Waals surface area contributed by atoms with E-state index in [9.17, 15) is 19.8 Å². The summed E-state index contributed by atoms with van der Waals surface area (Å²) in [6.07, 6.45) is 0.648. The van der Waals surface area contributed by atoms with Gasteiger partial charge in [0.05, 0.1) is 23.0 Å². The second-order valence-corrected chi connectivity index (χ2v) is 4.40. The van der Waals surface area contributed by atoms with Gasteiger partial charge in [-0.25, -0.2) is 4.39 Å². The molecule has 0 bridgehead atoms. The van der Waals surface area contributed by atoms with E-state index in [0.717, 1.165) is 18.2 Å². The molecule has 2 rings (SSSR count). The third-order valence-corrected chi connectivity index (χ3v) is 3.11. The highest BCUT2D eigenvalue weighted by Gasteiger charge is 2.37. The van der Waals surface area contributed by atoms with Gasteiger partial charge in [-0.2, -0.15) is 5.26 Å². The Morgan fingerprint density at radius 2 is 2.39 bits per heavy atom. The van der Waals surface area contributed by atoms with E-state index in [4.69, 9.17) is 4.74 Å². The maximum Gasteiger partial charge on any atom is 0.272 e. The van der Waals surface area contributed by atoms with Gasteiger partial charge in [-0.1, -0.05) is 0 Å². The van der Waals surface area contributed by atoms with Crippen LogP contribution in [0.1, 0.15) is 12.0 Å². The van der Waals surface area contributed by atoms with Crippen LogP contribution in [0.2, 0.25) is 0 Å². The van der Waals surface area contributed by atoms with Crippen molar-refractivity contribution >= 4 is 5.69 Å². The van der Waals surface area contributed by atoms with Gasteiger partial charge in [0.25, 0.3) is 5.69 Å². The summed E-state index contributed by atoms with van der Waals surface area (Å²) in [5.74, 6) is -0.539. The predicted octanol–water partition coefficient (Wildman–Crippen LogP) is 2.21. The molecule has 1 heterocycles. The van der Waals surface area contributed by atoms with Crippen LogP contribution in [0.5, 0.6) is 0 Å². The lowest BCUT2D eigenvalue weighted by Gasteiger charge is -2.18. The maximum absolute atomic E-state index is 13.2. The Hall–Kier alpha value is -2.00. The Morgan fingerprint density at radius 1 is 1.61 bits per heavy atom. The first kappa shape index (κ1) is 12.5. The summed E-state index contributed by atoms with van der Waals surface area (Å²) in [5.41, 5.74) is -0.691. The Labute approximate surface area is 103 Å². The van der Waals surface area contributed by atoms with Crippen LogP contribution in [-0.4, -0.2) is 18.1 Å². The molecule has 1 aliphatic heterocycles. The summed E-state index contributed by atoms with van der Waals surface area (Å²) >= 11 is 0. The molecular weight excluding hydrogens is 239 g/mol. The monoisotopic (exact) mass is 250 g/mol. The van der Waals surface area contributed by atoms with Crippen molar-refractivity contribution < 1.29 is 14.1 Å². The molecule has 0 aliphatic carbocycles. The number of nitro benzene ring substituents is 1. The zero-order chi connectivity index (χ0) is 13.2. The minimum atomic E-state index is -0.779. The van der Waals surface area contributed by atoms with E-state index in [1.165, 1.54) is 0 Å². The largest absolute Gasteiger partial charge is 0.380 e. The normalized spacial score (nSPS) is 22.7. The number of nitriles is 1. The van der Waals surface area contributed by atoms with Crippen molar-refractivity contribution in [2.75, 3.05) is 13.2 Å². The number of nitro groups is 1. The molecule has 6 heteroatoms. The standard InChI is InChI=1S/C12H11FN2O3/c13-10-1-2-11(15(16)17)9(5-10)6-12(7-14)3-4-18-8-12/h1-2,5H,3-4,6,8H2. The average Bonchev–Trinajstić information content (AvgIpc) is 2.78. The highest BCUT2D eigenvalue weighted by Crippen LogP contribution is 2.34. The Morgan fingerprint density at radius 3 is 2.94 bits per heavy atom. The summed E-state index contributed by atoms with van der Waals surface area (Å²) < 4.78 is 18.3. The number of halogens is 1. The molecule has 0 N–H and O–H groups in total. The Kier molecular flexibility index (Phi) is 3.26. The molecule has 0 radical (unpaired) electrons. The van der Waals surface area contributed by atoms with Crippen molar-refractivity contribution in [1.29, 1.82) is 5.26 Å². The third kappa shape index (κ3) is 2.31. The van der Waals surface area contributed by atoms with Gasteiger partial charge in [-0.15, -0.1) is 0 Å². The quantitative estimate of drug-likeness (QED) is 0.608. The van der Waals surface area contributed by atoms with Gasteiger partial charge in [0.1, 0.15) is 5.82 Å². The van der Waals surface area contributed by atoms with Crippen molar-refractivity contribution in [3.8, 4) is 6.07 Å². The van der Waals surface area contributed by atoms with Gasteiger partial charge in [0.2, 0.25) is 0 Å². The molecular formula is C12H11FN2O3. The number of ether oxygens (including phenoxy) is 1. The number of hydrogen-bond donors (Lipinski definition) is 0. The van der Waals surface area contributed by atoms with Crippen LogP contribution >= 0.6 is 0 Å². The molecule has 1 aromatic rings. The van der Waals surface area contributed by atoms with Crippen molar-refractivity contribution in [3.63, 3.8) is 0 Å². The first-order valence-electron chi connectivity index (χ1n) is 5.48. The van der Waals surface area contributed by atoms with E-state index >= 15 is 0 Å². The second-order valence-electron chi connectivity index (χ2n) is 4.40. The van der Waals surface area contributed by atoms with Gasteiger partial charge in [0.15, 0.2) is 0 Å². The van der Waals surface area contributed by atoms with Gasteiger partial charge < -0.3 is 4.74 Å². The zero-order valence-corrected chi connectivity index (χ0v) is 9.56. The van der Waals surface area contributed by atoms with Crippen LogP contribution in [-0.2, 0) is 11.2 Å². The Bertz CT molecular complexity index is 519. The molecule has 0 aromatic heterocycles. The average molecular weight is 250 g/mol. The fourth-order valence-electron chi connectivity index (χ4n) is 2.11. The first-order chi connectivity index (χ1) is 8.56. The molecule has 1 saturated heterocycles. The minimum absolute atomic E-state index is 0.136. The van der Waals surface area contributed by atoms with Crippen LogP contribution in [0.3, 0.4) is 0 Å². The molecule has 1 fully saturated rings. The molecule has 94 valence electrons. The lowest BCUT2D eigenvalue weighted by molar-refractivity contribution is -0.385. The lowest BCUT2D eigenvalue weighted by atomic mass is 9.82. The minimum Gasteiger partial charge on any atom is -0.380 e. The third-order valence-electron chi connectivity index (χ3n) is 3.11. The van der Waals surface area contributed by atoms with Crippen molar-refractivity contribution in [2.45, 2.75) is 12.8 Å². The second kappa shape index (κ2) is 4.70. The number of benzene rings is 1. The summed E-state index contributed by atoms with van der Waals surface area (Å²) in [6, 6.07) is 5.44. The van der Waals surface area contributed by atoms with Crippen molar-refractivity contribution in [1.82, 2.24) is 0 Å². The van der Waals surface area contributed by atoms with E-state index in [0.29, 0.717) is 13.0 Å². The number of nitrogens with zero attached hydrogens (tertiary/aromatic N) is 2. The topological polar surface area (TPSA) is 76.2 Å². The lowest BCUT2D eigenvalue weighted by Crippen LogP contribution is -2.22. The fourth-order valence-corrected chi connectivity index (χ4v) is 2.11. The van der Waals surface area contributed by atoms with Gasteiger partial charge in [0, 0.05) is 24.7 Å². The van der Waals surface area contributed by atoms with E-state index in [2.05, 4.69) is 6.07 Å². The zero-order valence-electron chi connectivity index (χ0n) is 9.56. The summed E-state index contributed by atoms with van der Waals surface area (Å²) in [5, 5.41) is 20.1. The van der Waals surface area contributed by atoms with Crippen LogP contribution in [0.15, 0.2) is 18.2 Å². The molecule has 18 heavy (non-hydrogen) atoms. The van der Waals surface area contributed by atoms with Crippen molar-refractivity contribution in [2.24, 2.45) is 5.41 Å². The van der Waals surface area contributed by atoms with E-state index < -0.39 is 16.2 Å². The molecule has 5 nitrogen and oxygen atoms in total. The molecule has 1 atom stereocenters. The van der Waals surface area contributed by atoms with Crippen LogP contribution in [0, 0.1) is 32.7 Å². The SMILES string of the molecule is N#CC1(Cc2cc(F)ccc2[N+](=O)[O-])CCOC1. The molecule has 1 aliphatic rings. The van der Waals surface area contributed by atoms with Gasteiger partial charge >= 0.3 is 0 Å². The van der Waals surface area contributed by atoms with Crippen LogP contribution < -0.4 is 0 Å². The Balaban J connectivity index is 2.36. The highest BCUT2D eigenvalue weighted by molar-refractivity contribution is 5.41. The number of hydrogen-bond acceptors (Lipinski definition) is 4. The summed E-state index contributed by atoms with van der Waals surface area (Å²) in [4.78, 5) is 10.3.